The average Bonchev–Trinajstić information content (AvgIpc) is 3.28. The Labute approximate surface area is 280 Å². The molecule has 0 bridgehead atoms. The summed E-state index contributed by atoms with van der Waals surface area (Å²) in [4.78, 5) is 79.7. The Morgan fingerprint density at radius 2 is 1.64 bits per heavy atom. The molecule has 0 spiro atoms. The van der Waals surface area contributed by atoms with Gasteiger partial charge in [-0.3, -0.25) is 39.4 Å². The van der Waals surface area contributed by atoms with Gasteiger partial charge in [0.25, 0.3) is 0 Å². The number of Topliss-reactive ketones (excluding diaryl/α,β-unsaturated/α-hetero) is 1. The summed E-state index contributed by atoms with van der Waals surface area (Å²) in [6.45, 7) is 1.53. The Hall–Kier alpha value is -4.93. The highest BCUT2D eigenvalue weighted by molar-refractivity contribution is 14.1. The monoisotopic (exact) mass is 754 g/mol. The van der Waals surface area contributed by atoms with Gasteiger partial charge in [0.2, 0.25) is 11.8 Å². The zero-order chi connectivity index (χ0) is 34.2. The van der Waals surface area contributed by atoms with Crippen LogP contribution in [0.1, 0.15) is 31.2 Å². The minimum absolute atomic E-state index is 0.00633. The average molecular weight is 754 g/mol. The molecule has 1 aliphatic heterocycles. The first-order valence-electron chi connectivity index (χ1n) is 14.5. The number of benzene rings is 2. The fourth-order valence-electron chi connectivity index (χ4n) is 7.39. The molecule has 6 rings (SSSR count). The molecule has 14 nitrogen and oxygen atoms in total. The molecular formula is C32H27IN4O10. The van der Waals surface area contributed by atoms with E-state index in [2.05, 4.69) is 0 Å². The molecule has 0 aromatic heterocycles. The van der Waals surface area contributed by atoms with Crippen molar-refractivity contribution < 1.29 is 38.9 Å². The number of phenols is 1. The number of methoxy groups -OCH3 is 1. The number of allylic oxidation sites excluding steroid dienone is 6. The number of amides is 2. The quantitative estimate of drug-likeness (QED) is 0.109. The predicted molar refractivity (Wildman–Crippen MR) is 175 cm³/mol. The van der Waals surface area contributed by atoms with Crippen LogP contribution in [0.25, 0.3) is 0 Å². The van der Waals surface area contributed by atoms with E-state index in [0.717, 1.165) is 17.0 Å². The number of anilines is 2. The first kappa shape index (κ1) is 32.0. The molecule has 15 heteroatoms. The first-order chi connectivity index (χ1) is 22.2. The Morgan fingerprint density at radius 1 is 1.00 bits per heavy atom. The van der Waals surface area contributed by atoms with Crippen LogP contribution >= 0.6 is 22.6 Å². The number of hydrogen-bond acceptors (Lipinski definition) is 11. The molecule has 1 N–H and O–H groups in total. The summed E-state index contributed by atoms with van der Waals surface area (Å²) in [6, 6.07) is 5.21. The van der Waals surface area contributed by atoms with Crippen LogP contribution in [0.3, 0.4) is 0 Å². The minimum atomic E-state index is -1.02. The Morgan fingerprint density at radius 3 is 2.21 bits per heavy atom. The van der Waals surface area contributed by atoms with E-state index in [9.17, 15) is 44.5 Å². The van der Waals surface area contributed by atoms with E-state index in [1.807, 2.05) is 22.6 Å². The Kier molecular flexibility index (Phi) is 7.77. The van der Waals surface area contributed by atoms with Gasteiger partial charge in [-0.2, -0.15) is 0 Å². The van der Waals surface area contributed by atoms with Crippen molar-refractivity contribution >= 4 is 68.7 Å². The summed E-state index contributed by atoms with van der Waals surface area (Å²) in [7, 11) is 4.20. The smallest absolute Gasteiger partial charge is 0.301 e. The normalized spacial score (nSPS) is 23.6. The van der Waals surface area contributed by atoms with E-state index in [-0.39, 0.29) is 64.0 Å². The van der Waals surface area contributed by atoms with E-state index >= 15 is 0 Å². The van der Waals surface area contributed by atoms with Gasteiger partial charge in [-0.05, 0) is 72.0 Å². The SMILES string of the molecule is COc1cc(C2C3=CCC4C(=O)N(c5cc([N+](=O)[O-])c(N(C)C)c([N+](=O)[O-])c5)C(=O)C4C3CC3=C2C(=O)C=C(C)C3=O)cc(I)c1O. The molecule has 47 heavy (non-hydrogen) atoms. The highest BCUT2D eigenvalue weighted by atomic mass is 127. The second-order valence-electron chi connectivity index (χ2n) is 12.0. The summed E-state index contributed by atoms with van der Waals surface area (Å²) in [5, 5.41) is 34.6. The minimum Gasteiger partial charge on any atom is -0.504 e. The molecular weight excluding hydrogens is 727 g/mol. The standard InChI is InChI=1S/C32H27IN4O10/c1-13-7-23(38)27-19(29(13)39)12-18-16(25(27)14-8-20(33)30(40)24(9-14)47-4)5-6-17-26(18)32(42)35(31(17)41)15-10-21(36(43)44)28(34(2)3)22(11-15)37(45)46/h5,7-11,17-18,25-26,40H,6,12H2,1-4H3. The number of rotatable bonds is 6. The molecule has 1 saturated heterocycles. The molecule has 2 aromatic rings. The van der Waals surface area contributed by atoms with Crippen LogP contribution in [0.2, 0.25) is 0 Å². The van der Waals surface area contributed by atoms with Crippen LogP contribution in [0.15, 0.2) is 58.7 Å². The van der Waals surface area contributed by atoms with Gasteiger partial charge in [-0.25, -0.2) is 4.90 Å². The van der Waals surface area contributed by atoms with Gasteiger partial charge in [-0.15, -0.1) is 0 Å². The number of ketones is 2. The Bertz CT molecular complexity index is 1930. The number of aromatic hydroxyl groups is 1. The van der Waals surface area contributed by atoms with Crippen molar-refractivity contribution in [1.82, 2.24) is 0 Å². The number of nitro benzene ring substituents is 2. The third-order valence-corrected chi connectivity index (χ3v) is 10.1. The maximum absolute atomic E-state index is 14.3. The van der Waals surface area contributed by atoms with Gasteiger partial charge in [0.05, 0.1) is 38.0 Å². The maximum atomic E-state index is 14.3. The third-order valence-electron chi connectivity index (χ3n) is 9.32. The maximum Gasteiger partial charge on any atom is 0.301 e. The lowest BCUT2D eigenvalue weighted by Gasteiger charge is -2.42. The summed E-state index contributed by atoms with van der Waals surface area (Å²) >= 11 is 1.93. The molecule has 0 radical (unpaired) electrons. The van der Waals surface area contributed by atoms with Crippen LogP contribution in [0, 0.1) is 41.6 Å². The highest BCUT2D eigenvalue weighted by Gasteiger charge is 2.57. The molecule has 1 fully saturated rings. The van der Waals surface area contributed by atoms with Gasteiger partial charge >= 0.3 is 11.4 Å². The van der Waals surface area contributed by atoms with Crippen LogP contribution < -0.4 is 14.5 Å². The highest BCUT2D eigenvalue weighted by Crippen LogP contribution is 2.56. The summed E-state index contributed by atoms with van der Waals surface area (Å²) in [5.74, 6) is -5.49. The van der Waals surface area contributed by atoms with Crippen molar-refractivity contribution in [3.63, 3.8) is 0 Å². The first-order valence-corrected chi connectivity index (χ1v) is 15.5. The molecule has 242 valence electrons. The van der Waals surface area contributed by atoms with Crippen LogP contribution in [-0.2, 0) is 19.2 Å². The van der Waals surface area contributed by atoms with Crippen molar-refractivity contribution in [3.05, 3.63) is 88.1 Å². The molecule has 4 unspecified atom stereocenters. The topological polar surface area (TPSA) is 190 Å². The van der Waals surface area contributed by atoms with E-state index < -0.39 is 56.7 Å². The number of carbonyl (C=O) groups is 4. The lowest BCUT2D eigenvalue weighted by Crippen LogP contribution is -2.39. The van der Waals surface area contributed by atoms with E-state index in [4.69, 9.17) is 4.74 Å². The number of nitro groups is 2. The van der Waals surface area contributed by atoms with Crippen molar-refractivity contribution in [3.8, 4) is 11.5 Å². The molecule has 4 aliphatic rings. The Balaban J connectivity index is 1.50. The van der Waals surface area contributed by atoms with Crippen molar-refractivity contribution in [2.45, 2.75) is 25.7 Å². The number of carbonyl (C=O) groups excluding carboxylic acids is 4. The summed E-state index contributed by atoms with van der Waals surface area (Å²) < 4.78 is 5.81. The van der Waals surface area contributed by atoms with Gasteiger partial charge in [0, 0.05) is 48.9 Å². The molecule has 2 amide bonds. The van der Waals surface area contributed by atoms with Crippen LogP contribution in [0.4, 0.5) is 22.7 Å². The van der Waals surface area contributed by atoms with Crippen molar-refractivity contribution in [1.29, 1.82) is 0 Å². The predicted octanol–water partition coefficient (Wildman–Crippen LogP) is 4.52. The van der Waals surface area contributed by atoms with Gasteiger partial charge in [-0.1, -0.05) is 11.6 Å². The third kappa shape index (κ3) is 4.82. The second kappa shape index (κ2) is 11.4. The molecule has 4 atom stereocenters. The zero-order valence-corrected chi connectivity index (χ0v) is 27.6. The van der Waals surface area contributed by atoms with Gasteiger partial charge in [0.15, 0.2) is 28.8 Å². The van der Waals surface area contributed by atoms with Crippen molar-refractivity contribution in [2.75, 3.05) is 31.0 Å². The van der Waals surface area contributed by atoms with Crippen LogP contribution in [0.5, 0.6) is 11.5 Å². The fraction of sp³-hybridized carbons (Fsp3) is 0.312. The van der Waals surface area contributed by atoms with Crippen molar-refractivity contribution in [2.24, 2.45) is 17.8 Å². The number of nitrogens with zero attached hydrogens (tertiary/aromatic N) is 4. The lowest BCUT2D eigenvalue weighted by molar-refractivity contribution is -0.392. The molecule has 2 aromatic carbocycles. The zero-order valence-electron chi connectivity index (χ0n) is 25.5. The van der Waals surface area contributed by atoms with Crippen LogP contribution in [-0.4, -0.2) is 59.5 Å². The van der Waals surface area contributed by atoms with E-state index in [1.165, 1.54) is 39.1 Å². The molecule has 3 aliphatic carbocycles. The number of hydrogen-bond donors (Lipinski definition) is 1. The largest absolute Gasteiger partial charge is 0.504 e. The molecule has 0 saturated carbocycles. The number of ether oxygens (including phenoxy) is 1. The lowest BCUT2D eigenvalue weighted by atomic mass is 9.59. The van der Waals surface area contributed by atoms with E-state index in [1.54, 1.807) is 18.2 Å². The number of halogens is 1. The number of imide groups is 1. The number of fused-ring (bicyclic) bond motifs is 3. The van der Waals surface area contributed by atoms with Gasteiger partial charge < -0.3 is 14.7 Å². The summed E-state index contributed by atoms with van der Waals surface area (Å²) in [5.41, 5.74) is 0.0192. The molecule has 1 heterocycles. The summed E-state index contributed by atoms with van der Waals surface area (Å²) in [6.07, 6.45) is 3.16. The van der Waals surface area contributed by atoms with E-state index in [0.29, 0.717) is 14.7 Å². The number of phenolic OH excluding ortho intramolecular Hbond substituents is 1. The van der Waals surface area contributed by atoms with Gasteiger partial charge in [0.1, 0.15) is 0 Å². The second-order valence-corrected chi connectivity index (χ2v) is 13.2. The fourth-order valence-corrected chi connectivity index (χ4v) is 8.01.